The summed E-state index contributed by atoms with van der Waals surface area (Å²) in [7, 11) is 1.52. The zero-order valence-corrected chi connectivity index (χ0v) is 11.2. The van der Waals surface area contributed by atoms with Crippen molar-refractivity contribution in [3.63, 3.8) is 0 Å². The molecule has 102 valence electrons. The van der Waals surface area contributed by atoms with E-state index in [1.54, 1.807) is 16.7 Å². The van der Waals surface area contributed by atoms with Gasteiger partial charge in [0.05, 0.1) is 0 Å². The second-order valence-corrected chi connectivity index (χ2v) is 4.83. The Bertz CT molecular complexity index is 774. The van der Waals surface area contributed by atoms with E-state index in [0.717, 1.165) is 17.8 Å². The maximum atomic E-state index is 13.8. The molecule has 0 radical (unpaired) electrons. The van der Waals surface area contributed by atoms with E-state index in [1.807, 2.05) is 12.1 Å². The Morgan fingerprint density at radius 2 is 2.05 bits per heavy atom. The Morgan fingerprint density at radius 3 is 2.85 bits per heavy atom. The fraction of sp³-hybridized carbons (Fsp3) is 0.0833. The minimum Gasteiger partial charge on any atom is -0.371 e. The number of halogens is 2. The molecule has 1 N–H and O–H groups in total. The van der Waals surface area contributed by atoms with Gasteiger partial charge in [0.15, 0.2) is 23.1 Å². The van der Waals surface area contributed by atoms with Crippen LogP contribution in [-0.4, -0.2) is 26.6 Å². The molecule has 0 bridgehead atoms. The van der Waals surface area contributed by atoms with Gasteiger partial charge in [-0.05, 0) is 23.9 Å². The van der Waals surface area contributed by atoms with Gasteiger partial charge in [-0.25, -0.2) is 13.8 Å². The average molecular weight is 293 g/mol. The lowest BCUT2D eigenvalue weighted by Crippen LogP contribution is -2.00. The van der Waals surface area contributed by atoms with Crippen molar-refractivity contribution in [3.05, 3.63) is 42.1 Å². The van der Waals surface area contributed by atoms with Gasteiger partial charge in [-0.1, -0.05) is 6.07 Å². The lowest BCUT2D eigenvalue weighted by Gasteiger charge is -2.05. The molecule has 0 amide bonds. The first kappa shape index (κ1) is 12.8. The van der Waals surface area contributed by atoms with Crippen molar-refractivity contribution in [3.8, 4) is 0 Å². The highest BCUT2D eigenvalue weighted by atomic mass is 32.2. The Morgan fingerprint density at radius 1 is 1.20 bits per heavy atom. The maximum Gasteiger partial charge on any atom is 0.202 e. The summed E-state index contributed by atoms with van der Waals surface area (Å²) in [5.41, 5.74) is 0.645. The van der Waals surface area contributed by atoms with E-state index in [-0.39, 0.29) is 10.8 Å². The van der Waals surface area contributed by atoms with Crippen LogP contribution in [0.2, 0.25) is 0 Å². The monoisotopic (exact) mass is 293 g/mol. The minimum atomic E-state index is -0.737. The van der Waals surface area contributed by atoms with Crippen molar-refractivity contribution in [1.29, 1.82) is 0 Å². The SMILES string of the molecule is CNc1nc(Sc2nnc3ccccn23)c(F)cc1F. The van der Waals surface area contributed by atoms with Gasteiger partial charge in [-0.15, -0.1) is 10.2 Å². The zero-order chi connectivity index (χ0) is 14.1. The van der Waals surface area contributed by atoms with E-state index in [1.165, 1.54) is 7.05 Å². The quantitative estimate of drug-likeness (QED) is 0.804. The normalized spacial score (nSPS) is 10.9. The topological polar surface area (TPSA) is 55.1 Å². The number of hydrogen-bond acceptors (Lipinski definition) is 5. The predicted octanol–water partition coefficient (Wildman–Crippen LogP) is 2.60. The number of nitrogens with zero attached hydrogens (tertiary/aromatic N) is 4. The molecule has 3 heterocycles. The van der Waals surface area contributed by atoms with Crippen molar-refractivity contribution >= 4 is 23.2 Å². The molecule has 0 atom stereocenters. The number of anilines is 1. The molecule has 0 spiro atoms. The van der Waals surface area contributed by atoms with Crippen molar-refractivity contribution in [2.75, 3.05) is 12.4 Å². The summed E-state index contributed by atoms with van der Waals surface area (Å²) in [6.07, 6.45) is 1.76. The molecular formula is C12H9F2N5S. The van der Waals surface area contributed by atoms with Crippen molar-refractivity contribution in [1.82, 2.24) is 19.6 Å². The smallest absolute Gasteiger partial charge is 0.202 e. The van der Waals surface area contributed by atoms with Crippen LogP contribution in [-0.2, 0) is 0 Å². The Hall–Kier alpha value is -2.22. The second kappa shape index (κ2) is 5.04. The third-order valence-corrected chi connectivity index (χ3v) is 3.55. The van der Waals surface area contributed by atoms with E-state index >= 15 is 0 Å². The van der Waals surface area contributed by atoms with Gasteiger partial charge in [-0.3, -0.25) is 4.40 Å². The number of hydrogen-bond donors (Lipinski definition) is 1. The summed E-state index contributed by atoms with van der Waals surface area (Å²) in [4.78, 5) is 3.89. The first-order chi connectivity index (χ1) is 9.69. The lowest BCUT2D eigenvalue weighted by atomic mass is 10.4. The van der Waals surface area contributed by atoms with Crippen LogP contribution in [0.5, 0.6) is 0 Å². The Balaban J connectivity index is 2.03. The van der Waals surface area contributed by atoms with Crippen LogP contribution in [0.15, 0.2) is 40.6 Å². The van der Waals surface area contributed by atoms with Crippen LogP contribution in [0.3, 0.4) is 0 Å². The van der Waals surface area contributed by atoms with Crippen molar-refractivity contribution < 1.29 is 8.78 Å². The molecule has 0 unspecified atom stereocenters. The highest BCUT2D eigenvalue weighted by Gasteiger charge is 2.15. The number of rotatable bonds is 3. The standard InChI is InChI=1S/C12H9F2N5S/c1-15-10-7(13)6-8(14)11(16-10)20-12-18-17-9-4-2-3-5-19(9)12/h2-6H,1H3,(H,15,16). The largest absolute Gasteiger partial charge is 0.371 e. The van der Waals surface area contributed by atoms with Crippen molar-refractivity contribution in [2.24, 2.45) is 0 Å². The van der Waals surface area contributed by atoms with E-state index in [4.69, 9.17) is 0 Å². The third-order valence-electron chi connectivity index (χ3n) is 2.60. The van der Waals surface area contributed by atoms with Gasteiger partial charge in [0, 0.05) is 19.3 Å². The van der Waals surface area contributed by atoms with Gasteiger partial charge < -0.3 is 5.32 Å². The predicted molar refractivity (Wildman–Crippen MR) is 70.8 cm³/mol. The highest BCUT2D eigenvalue weighted by Crippen LogP contribution is 2.29. The van der Waals surface area contributed by atoms with Gasteiger partial charge in [0.2, 0.25) is 5.16 Å². The third kappa shape index (κ3) is 2.18. The van der Waals surface area contributed by atoms with E-state index in [9.17, 15) is 8.78 Å². The fourth-order valence-corrected chi connectivity index (χ4v) is 2.47. The molecule has 3 rings (SSSR count). The van der Waals surface area contributed by atoms with Crippen LogP contribution in [0.25, 0.3) is 5.65 Å². The minimum absolute atomic E-state index is 0.0114. The summed E-state index contributed by atoms with van der Waals surface area (Å²) < 4.78 is 28.8. The van der Waals surface area contributed by atoms with Gasteiger partial charge in [0.1, 0.15) is 5.03 Å². The number of pyridine rings is 2. The zero-order valence-electron chi connectivity index (χ0n) is 10.3. The van der Waals surface area contributed by atoms with E-state index in [0.29, 0.717) is 10.8 Å². The molecule has 20 heavy (non-hydrogen) atoms. The molecule has 0 saturated carbocycles. The molecule has 0 aliphatic heterocycles. The fourth-order valence-electron chi connectivity index (χ4n) is 1.67. The summed E-state index contributed by atoms with van der Waals surface area (Å²) in [6, 6.07) is 6.22. The van der Waals surface area contributed by atoms with Crippen LogP contribution in [0.1, 0.15) is 0 Å². The number of aromatic nitrogens is 4. The maximum absolute atomic E-state index is 13.8. The first-order valence-electron chi connectivity index (χ1n) is 5.70. The molecule has 3 aromatic heterocycles. The molecule has 0 aliphatic rings. The van der Waals surface area contributed by atoms with Crippen LogP contribution < -0.4 is 5.32 Å². The Kier molecular flexibility index (Phi) is 3.23. The molecule has 0 fully saturated rings. The Labute approximate surface area is 117 Å². The van der Waals surface area contributed by atoms with E-state index in [2.05, 4.69) is 20.5 Å². The molecule has 0 aliphatic carbocycles. The van der Waals surface area contributed by atoms with Gasteiger partial charge >= 0.3 is 0 Å². The van der Waals surface area contributed by atoms with E-state index < -0.39 is 11.6 Å². The molecule has 5 nitrogen and oxygen atoms in total. The number of nitrogens with one attached hydrogen (secondary N) is 1. The first-order valence-corrected chi connectivity index (χ1v) is 6.52. The molecular weight excluding hydrogens is 284 g/mol. The summed E-state index contributed by atoms with van der Waals surface area (Å²) in [5, 5.41) is 11.0. The van der Waals surface area contributed by atoms with Crippen LogP contribution >= 0.6 is 11.8 Å². The average Bonchev–Trinajstić information content (AvgIpc) is 2.85. The molecule has 0 saturated heterocycles. The summed E-state index contributed by atoms with van der Waals surface area (Å²) in [6.45, 7) is 0. The van der Waals surface area contributed by atoms with Gasteiger partial charge in [0.25, 0.3) is 0 Å². The van der Waals surface area contributed by atoms with Crippen LogP contribution in [0, 0.1) is 11.6 Å². The van der Waals surface area contributed by atoms with Crippen LogP contribution in [0.4, 0.5) is 14.6 Å². The molecule has 3 aromatic rings. The lowest BCUT2D eigenvalue weighted by molar-refractivity contribution is 0.551. The second-order valence-electron chi connectivity index (χ2n) is 3.87. The summed E-state index contributed by atoms with van der Waals surface area (Å²) in [5.74, 6) is -1.48. The highest BCUT2D eigenvalue weighted by molar-refractivity contribution is 7.99. The molecule has 0 aromatic carbocycles. The van der Waals surface area contributed by atoms with Gasteiger partial charge in [-0.2, -0.15) is 0 Å². The van der Waals surface area contributed by atoms with Crippen molar-refractivity contribution in [2.45, 2.75) is 10.2 Å². The molecule has 8 heteroatoms. The number of fused-ring (bicyclic) bond motifs is 1. The summed E-state index contributed by atoms with van der Waals surface area (Å²) >= 11 is 0.985.